The van der Waals surface area contributed by atoms with Crippen LogP contribution in [0.3, 0.4) is 0 Å². The number of sulfonamides is 1. The number of nitrogens with zero attached hydrogens (tertiary/aromatic N) is 4. The van der Waals surface area contributed by atoms with Crippen LogP contribution in [0, 0.1) is 13.8 Å². The van der Waals surface area contributed by atoms with Crippen LogP contribution in [0.4, 0.5) is 5.69 Å². The van der Waals surface area contributed by atoms with E-state index < -0.39 is 10.0 Å². The number of H-pyrrole nitrogens is 1. The molecule has 0 saturated carbocycles. The zero-order valence-corrected chi connectivity index (χ0v) is 24.9. The van der Waals surface area contributed by atoms with Crippen molar-refractivity contribution < 1.29 is 22.7 Å². The van der Waals surface area contributed by atoms with Crippen molar-refractivity contribution in [3.63, 3.8) is 0 Å². The Hall–Kier alpha value is -3.44. The van der Waals surface area contributed by atoms with E-state index in [0.29, 0.717) is 41.2 Å². The van der Waals surface area contributed by atoms with Gasteiger partial charge in [-0.1, -0.05) is 6.92 Å². The molecule has 0 aliphatic rings. The number of imidazole rings is 1. The van der Waals surface area contributed by atoms with Gasteiger partial charge in [0.1, 0.15) is 17.1 Å². The van der Waals surface area contributed by atoms with Crippen molar-refractivity contribution in [2.75, 3.05) is 39.2 Å². The number of methoxy groups -OCH3 is 1. The molecular formula is C28H39N5O5S. The van der Waals surface area contributed by atoms with Crippen molar-refractivity contribution >= 4 is 38.6 Å². The van der Waals surface area contributed by atoms with Gasteiger partial charge in [-0.2, -0.15) is 4.31 Å². The molecule has 2 aromatic carbocycles. The quantitative estimate of drug-likeness (QED) is 0.384. The van der Waals surface area contributed by atoms with E-state index in [-0.39, 0.29) is 23.3 Å². The molecule has 0 spiro atoms. The van der Waals surface area contributed by atoms with Gasteiger partial charge in [-0.15, -0.1) is 0 Å². The van der Waals surface area contributed by atoms with Crippen molar-refractivity contribution in [1.82, 2.24) is 19.2 Å². The van der Waals surface area contributed by atoms with E-state index in [1.807, 2.05) is 19.1 Å². The highest BCUT2D eigenvalue weighted by Crippen LogP contribution is 2.30. The summed E-state index contributed by atoms with van der Waals surface area (Å²) in [6, 6.07) is 7.12. The maximum atomic E-state index is 13.6. The molecule has 0 aliphatic heterocycles. The number of hydrogen-bond donors (Lipinski definition) is 1. The predicted octanol–water partition coefficient (Wildman–Crippen LogP) is 3.79. The van der Waals surface area contributed by atoms with Crippen LogP contribution < -0.4 is 9.64 Å². The average molecular weight is 558 g/mol. The molecule has 0 aliphatic carbocycles. The lowest BCUT2D eigenvalue weighted by atomic mass is 10.1. The molecule has 11 heteroatoms. The number of anilines is 1. The first-order chi connectivity index (χ1) is 18.3. The smallest absolute Gasteiger partial charge is 0.243 e. The highest BCUT2D eigenvalue weighted by atomic mass is 32.2. The van der Waals surface area contributed by atoms with Crippen molar-refractivity contribution in [1.29, 1.82) is 0 Å². The van der Waals surface area contributed by atoms with Crippen LogP contribution in [-0.2, 0) is 32.6 Å². The van der Waals surface area contributed by atoms with Gasteiger partial charge in [-0.25, -0.2) is 13.4 Å². The van der Waals surface area contributed by atoms with Crippen molar-refractivity contribution in [2.24, 2.45) is 0 Å². The second-order valence-corrected chi connectivity index (χ2v) is 11.8. The number of rotatable bonds is 11. The third-order valence-corrected chi connectivity index (χ3v) is 8.83. The fourth-order valence-electron chi connectivity index (χ4n) is 4.68. The lowest BCUT2D eigenvalue weighted by Gasteiger charge is -2.26. The first-order valence-electron chi connectivity index (χ1n) is 13.0. The number of amides is 2. The molecule has 39 heavy (non-hydrogen) atoms. The number of aromatic amines is 1. The number of likely N-dealkylation sites (N-methyl/N-ethyl adjacent to an activating group) is 2. The maximum Gasteiger partial charge on any atom is 0.243 e. The van der Waals surface area contributed by atoms with Crippen molar-refractivity contribution in [3.8, 4) is 5.75 Å². The van der Waals surface area contributed by atoms with Crippen LogP contribution in [0.2, 0.25) is 0 Å². The molecule has 0 saturated heterocycles. The summed E-state index contributed by atoms with van der Waals surface area (Å²) in [5.74, 6) is 0.915. The Kier molecular flexibility index (Phi) is 9.39. The summed E-state index contributed by atoms with van der Waals surface area (Å²) in [5.41, 5.74) is 3.89. The number of aryl methyl sites for hydroxylation is 3. The summed E-state index contributed by atoms with van der Waals surface area (Å²) < 4.78 is 33.4. The molecule has 0 bridgehead atoms. The first-order valence-corrected chi connectivity index (χ1v) is 14.4. The summed E-state index contributed by atoms with van der Waals surface area (Å²) >= 11 is 0. The number of fused-ring (bicyclic) bond motifs is 1. The zero-order chi connectivity index (χ0) is 29.1. The van der Waals surface area contributed by atoms with E-state index in [4.69, 9.17) is 9.72 Å². The Morgan fingerprint density at radius 3 is 2.23 bits per heavy atom. The topological polar surface area (TPSA) is 116 Å². The number of aromatic nitrogens is 2. The Morgan fingerprint density at radius 1 is 1.05 bits per heavy atom. The van der Waals surface area contributed by atoms with Gasteiger partial charge < -0.3 is 19.5 Å². The summed E-state index contributed by atoms with van der Waals surface area (Å²) in [5, 5.41) is 0. The second kappa shape index (κ2) is 12.2. The SMILES string of the molecule is CCCc1nc2c(N(CC)C(=O)CN(C)S(=O)(=O)c3c(C)cc(OC)cc3C)cc(CN(C)C(C)=O)cc2[nH]1. The van der Waals surface area contributed by atoms with Crippen molar-refractivity contribution in [3.05, 3.63) is 46.8 Å². The van der Waals surface area contributed by atoms with Gasteiger partial charge in [0, 0.05) is 40.5 Å². The minimum atomic E-state index is -3.96. The number of nitrogens with one attached hydrogen (secondary N) is 1. The van der Waals surface area contributed by atoms with E-state index >= 15 is 0 Å². The number of ether oxygens (including phenoxy) is 1. The molecule has 2 amide bonds. The third-order valence-electron chi connectivity index (χ3n) is 6.72. The third kappa shape index (κ3) is 6.42. The fourth-order valence-corrected chi connectivity index (χ4v) is 6.20. The molecule has 1 heterocycles. The molecule has 0 fully saturated rings. The lowest BCUT2D eigenvalue weighted by Crippen LogP contribution is -2.41. The van der Waals surface area contributed by atoms with E-state index in [9.17, 15) is 18.0 Å². The van der Waals surface area contributed by atoms with E-state index in [1.165, 1.54) is 21.1 Å². The van der Waals surface area contributed by atoms with Gasteiger partial charge in [0.15, 0.2) is 0 Å². The highest BCUT2D eigenvalue weighted by Gasteiger charge is 2.29. The molecular weight excluding hydrogens is 518 g/mol. The molecule has 1 aromatic heterocycles. The maximum absolute atomic E-state index is 13.6. The Labute approximate surface area is 231 Å². The van der Waals surface area contributed by atoms with Gasteiger partial charge >= 0.3 is 0 Å². The number of carbonyl (C=O) groups is 2. The predicted molar refractivity (Wildman–Crippen MR) is 153 cm³/mol. The monoisotopic (exact) mass is 557 g/mol. The van der Waals surface area contributed by atoms with E-state index in [0.717, 1.165) is 34.1 Å². The lowest BCUT2D eigenvalue weighted by molar-refractivity contribution is -0.128. The van der Waals surface area contributed by atoms with Crippen LogP contribution in [0.1, 0.15) is 49.7 Å². The number of carbonyl (C=O) groups excluding carboxylic acids is 2. The summed E-state index contributed by atoms with van der Waals surface area (Å²) in [6.45, 7) is 9.13. The number of benzene rings is 2. The molecule has 0 radical (unpaired) electrons. The molecule has 3 aromatic rings. The normalized spacial score (nSPS) is 11.7. The Bertz CT molecular complexity index is 1460. The van der Waals surface area contributed by atoms with Crippen molar-refractivity contribution in [2.45, 2.75) is 58.9 Å². The van der Waals surface area contributed by atoms with Crippen LogP contribution in [0.5, 0.6) is 5.75 Å². The summed E-state index contributed by atoms with van der Waals surface area (Å²) in [7, 11) is 0.694. The minimum absolute atomic E-state index is 0.0766. The van der Waals surface area contributed by atoms with Crippen LogP contribution in [-0.4, -0.2) is 73.7 Å². The minimum Gasteiger partial charge on any atom is -0.497 e. The largest absolute Gasteiger partial charge is 0.497 e. The van der Waals surface area contributed by atoms with E-state index in [2.05, 4.69) is 11.9 Å². The zero-order valence-electron chi connectivity index (χ0n) is 24.1. The average Bonchev–Trinajstić information content (AvgIpc) is 3.26. The van der Waals surface area contributed by atoms with Crippen LogP contribution in [0.25, 0.3) is 11.0 Å². The molecule has 212 valence electrons. The molecule has 0 atom stereocenters. The molecule has 10 nitrogen and oxygen atoms in total. The van der Waals surface area contributed by atoms with Gasteiger partial charge in [0.25, 0.3) is 0 Å². The molecule has 0 unspecified atom stereocenters. The first kappa shape index (κ1) is 30.1. The Morgan fingerprint density at radius 2 is 1.69 bits per heavy atom. The summed E-state index contributed by atoms with van der Waals surface area (Å²) in [4.78, 5) is 36.9. The van der Waals surface area contributed by atoms with Gasteiger partial charge in [-0.3, -0.25) is 9.59 Å². The Balaban J connectivity index is 2.00. The second-order valence-electron chi connectivity index (χ2n) is 9.81. The van der Waals surface area contributed by atoms with Gasteiger partial charge in [0.05, 0.1) is 29.8 Å². The fraction of sp³-hybridized carbons (Fsp3) is 0.464. The summed E-state index contributed by atoms with van der Waals surface area (Å²) in [6.07, 6.45) is 1.65. The van der Waals surface area contributed by atoms with Crippen LogP contribution in [0.15, 0.2) is 29.2 Å². The number of hydrogen-bond acceptors (Lipinski definition) is 6. The highest BCUT2D eigenvalue weighted by molar-refractivity contribution is 7.89. The van der Waals surface area contributed by atoms with E-state index in [1.54, 1.807) is 42.8 Å². The molecule has 3 rings (SSSR count). The van der Waals surface area contributed by atoms with Gasteiger partial charge in [0.2, 0.25) is 21.8 Å². The van der Waals surface area contributed by atoms with Crippen LogP contribution >= 0.6 is 0 Å². The van der Waals surface area contributed by atoms with Gasteiger partial charge in [-0.05, 0) is 68.1 Å². The standard InChI is InChI=1S/C28H39N5O5S/c1-9-11-25-29-23-14-21(16-31(6)20(5)34)15-24(27(23)30-25)33(10-2)26(35)17-32(7)39(36,37)28-18(3)12-22(38-8)13-19(28)4/h12-15H,9-11,16-17H2,1-8H3,(H,29,30). The molecule has 1 N–H and O–H groups in total.